The molecule has 0 fully saturated rings. The highest BCUT2D eigenvalue weighted by molar-refractivity contribution is 7.09. The summed E-state index contributed by atoms with van der Waals surface area (Å²) >= 11 is 1.06. The molecule has 7 heteroatoms. The second kappa shape index (κ2) is 5.61. The van der Waals surface area contributed by atoms with Crippen molar-refractivity contribution in [1.29, 1.82) is 0 Å². The molecular weight excluding hydrogens is 202 g/mol. The van der Waals surface area contributed by atoms with E-state index in [0.29, 0.717) is 24.0 Å². The Morgan fingerprint density at radius 3 is 3.07 bits per heavy atom. The normalized spacial score (nSPS) is 12.4. The second-order valence-corrected chi connectivity index (χ2v) is 3.83. The Bertz CT molecular complexity index is 276. The first-order valence-corrected chi connectivity index (χ1v) is 5.14. The molecule has 0 spiro atoms. The standard InChI is InChI=1S/C7H13N5OS/c1-5(4-8)2-3-6(13)9-7-10-11-12-14-7/h5H,2-4,8H2,1H3,(H,9,10,12,13). The third-order valence-electron chi connectivity index (χ3n) is 1.81. The number of carbonyl (C=O) groups is 1. The number of amides is 1. The fourth-order valence-electron chi connectivity index (χ4n) is 0.859. The number of rotatable bonds is 5. The van der Waals surface area contributed by atoms with E-state index in [1.54, 1.807) is 0 Å². The van der Waals surface area contributed by atoms with Crippen LogP contribution in [0.1, 0.15) is 19.8 Å². The van der Waals surface area contributed by atoms with Crippen LogP contribution in [0.4, 0.5) is 5.13 Å². The molecule has 14 heavy (non-hydrogen) atoms. The van der Waals surface area contributed by atoms with Crippen LogP contribution in [-0.2, 0) is 4.79 Å². The van der Waals surface area contributed by atoms with Crippen LogP contribution in [-0.4, -0.2) is 27.3 Å². The predicted octanol–water partition coefficient (Wildman–Crippen LogP) is 0.247. The second-order valence-electron chi connectivity index (χ2n) is 3.10. The zero-order valence-electron chi connectivity index (χ0n) is 7.93. The maximum Gasteiger partial charge on any atom is 0.231 e. The first kappa shape index (κ1) is 11.0. The van der Waals surface area contributed by atoms with Crippen molar-refractivity contribution in [1.82, 2.24) is 14.8 Å². The van der Waals surface area contributed by atoms with Crippen molar-refractivity contribution in [3.8, 4) is 0 Å². The summed E-state index contributed by atoms with van der Waals surface area (Å²) in [6, 6.07) is 0. The lowest BCUT2D eigenvalue weighted by molar-refractivity contribution is -0.116. The third kappa shape index (κ3) is 3.75. The summed E-state index contributed by atoms with van der Waals surface area (Å²) in [6.07, 6.45) is 1.24. The Labute approximate surface area is 86.0 Å². The molecular formula is C7H13N5OS. The van der Waals surface area contributed by atoms with Gasteiger partial charge in [0, 0.05) is 18.0 Å². The van der Waals surface area contributed by atoms with Crippen molar-refractivity contribution < 1.29 is 4.79 Å². The largest absolute Gasteiger partial charge is 0.330 e. The van der Waals surface area contributed by atoms with Crippen LogP contribution in [0.5, 0.6) is 0 Å². The molecule has 0 saturated carbocycles. The van der Waals surface area contributed by atoms with E-state index in [-0.39, 0.29) is 5.91 Å². The molecule has 1 aromatic heterocycles. The van der Waals surface area contributed by atoms with Crippen LogP contribution in [0.25, 0.3) is 0 Å². The van der Waals surface area contributed by atoms with Crippen molar-refractivity contribution in [3.05, 3.63) is 0 Å². The molecule has 0 bridgehead atoms. The topological polar surface area (TPSA) is 93.8 Å². The summed E-state index contributed by atoms with van der Waals surface area (Å²) in [5, 5.41) is 10.0. The van der Waals surface area contributed by atoms with E-state index in [4.69, 9.17) is 5.73 Å². The molecule has 1 atom stereocenters. The molecule has 1 aromatic rings. The predicted molar refractivity (Wildman–Crippen MR) is 53.8 cm³/mol. The van der Waals surface area contributed by atoms with Crippen LogP contribution in [0.2, 0.25) is 0 Å². The van der Waals surface area contributed by atoms with Gasteiger partial charge in [-0.05, 0) is 24.1 Å². The molecule has 78 valence electrons. The summed E-state index contributed by atoms with van der Waals surface area (Å²) in [6.45, 7) is 2.62. The van der Waals surface area contributed by atoms with Crippen molar-refractivity contribution in [3.63, 3.8) is 0 Å². The number of hydrogen-bond donors (Lipinski definition) is 2. The van der Waals surface area contributed by atoms with Crippen LogP contribution in [0.3, 0.4) is 0 Å². The SMILES string of the molecule is CC(CN)CCC(=O)Nc1nnns1. The lowest BCUT2D eigenvalue weighted by Gasteiger charge is -2.06. The van der Waals surface area contributed by atoms with E-state index in [1.807, 2.05) is 6.92 Å². The van der Waals surface area contributed by atoms with Gasteiger partial charge in [-0.2, -0.15) is 0 Å². The Morgan fingerprint density at radius 2 is 2.50 bits per heavy atom. The Hall–Kier alpha value is -1.08. The fourth-order valence-corrected chi connectivity index (χ4v) is 1.24. The zero-order chi connectivity index (χ0) is 10.4. The van der Waals surface area contributed by atoms with Gasteiger partial charge >= 0.3 is 0 Å². The number of nitrogens with one attached hydrogen (secondary N) is 1. The van der Waals surface area contributed by atoms with Crippen molar-refractivity contribution in [2.24, 2.45) is 11.7 Å². The van der Waals surface area contributed by atoms with Gasteiger partial charge in [0.05, 0.1) is 0 Å². The van der Waals surface area contributed by atoms with Crippen LogP contribution in [0.15, 0.2) is 0 Å². The summed E-state index contributed by atoms with van der Waals surface area (Å²) in [4.78, 5) is 11.3. The van der Waals surface area contributed by atoms with Gasteiger partial charge in [-0.1, -0.05) is 16.5 Å². The zero-order valence-corrected chi connectivity index (χ0v) is 8.75. The highest BCUT2D eigenvalue weighted by atomic mass is 32.1. The van der Waals surface area contributed by atoms with Gasteiger partial charge in [0.1, 0.15) is 0 Å². The van der Waals surface area contributed by atoms with Gasteiger partial charge in [-0.3, -0.25) is 10.1 Å². The number of hydrogen-bond acceptors (Lipinski definition) is 6. The highest BCUT2D eigenvalue weighted by Gasteiger charge is 2.07. The van der Waals surface area contributed by atoms with E-state index in [1.165, 1.54) is 0 Å². The van der Waals surface area contributed by atoms with Gasteiger partial charge in [-0.15, -0.1) is 0 Å². The quantitative estimate of drug-likeness (QED) is 0.734. The van der Waals surface area contributed by atoms with Crippen LogP contribution in [0, 0.1) is 5.92 Å². The lowest BCUT2D eigenvalue weighted by Crippen LogP contribution is -2.16. The van der Waals surface area contributed by atoms with Gasteiger partial charge < -0.3 is 5.73 Å². The minimum absolute atomic E-state index is 0.0659. The monoisotopic (exact) mass is 215 g/mol. The first-order valence-electron chi connectivity index (χ1n) is 4.37. The molecule has 0 aliphatic carbocycles. The van der Waals surface area contributed by atoms with Crippen LogP contribution < -0.4 is 11.1 Å². The summed E-state index contributed by atoms with van der Waals surface area (Å²) in [5.74, 6) is 0.303. The van der Waals surface area contributed by atoms with Gasteiger partial charge in [0.25, 0.3) is 0 Å². The molecule has 1 rings (SSSR count). The number of anilines is 1. The van der Waals surface area contributed by atoms with E-state index in [2.05, 4.69) is 20.1 Å². The van der Waals surface area contributed by atoms with Gasteiger partial charge in [-0.25, -0.2) is 0 Å². The highest BCUT2D eigenvalue weighted by Crippen LogP contribution is 2.08. The average molecular weight is 215 g/mol. The number of aromatic nitrogens is 3. The van der Waals surface area contributed by atoms with Gasteiger partial charge in [0.2, 0.25) is 11.0 Å². The molecule has 6 nitrogen and oxygen atoms in total. The maximum atomic E-state index is 11.3. The number of nitrogens with two attached hydrogens (primary N) is 1. The van der Waals surface area contributed by atoms with E-state index >= 15 is 0 Å². The first-order chi connectivity index (χ1) is 6.72. The minimum atomic E-state index is -0.0659. The molecule has 0 aromatic carbocycles. The molecule has 1 amide bonds. The Morgan fingerprint density at radius 1 is 1.71 bits per heavy atom. The molecule has 0 aliphatic rings. The summed E-state index contributed by atoms with van der Waals surface area (Å²) in [7, 11) is 0. The van der Waals surface area contributed by atoms with Crippen molar-refractivity contribution >= 4 is 22.6 Å². The maximum absolute atomic E-state index is 11.3. The minimum Gasteiger partial charge on any atom is -0.330 e. The smallest absolute Gasteiger partial charge is 0.231 e. The number of carbonyl (C=O) groups excluding carboxylic acids is 1. The van der Waals surface area contributed by atoms with E-state index in [9.17, 15) is 4.79 Å². The van der Waals surface area contributed by atoms with Gasteiger partial charge in [0.15, 0.2) is 0 Å². The molecule has 0 saturated heterocycles. The summed E-state index contributed by atoms with van der Waals surface area (Å²) in [5.41, 5.74) is 5.43. The Balaban J connectivity index is 2.23. The average Bonchev–Trinajstić information content (AvgIpc) is 2.66. The number of nitrogens with zero attached hydrogens (tertiary/aromatic N) is 3. The lowest BCUT2D eigenvalue weighted by atomic mass is 10.1. The van der Waals surface area contributed by atoms with Crippen molar-refractivity contribution in [2.75, 3.05) is 11.9 Å². The van der Waals surface area contributed by atoms with E-state index < -0.39 is 0 Å². The van der Waals surface area contributed by atoms with Crippen LogP contribution >= 0.6 is 11.5 Å². The van der Waals surface area contributed by atoms with E-state index in [0.717, 1.165) is 18.0 Å². The molecule has 3 N–H and O–H groups in total. The Kier molecular flexibility index (Phi) is 4.41. The molecule has 1 heterocycles. The molecule has 0 radical (unpaired) electrons. The fraction of sp³-hybridized carbons (Fsp3) is 0.714. The molecule has 1 unspecified atom stereocenters. The summed E-state index contributed by atoms with van der Waals surface area (Å²) < 4.78 is 3.53. The molecule has 0 aliphatic heterocycles. The van der Waals surface area contributed by atoms with Crippen molar-refractivity contribution in [2.45, 2.75) is 19.8 Å². The third-order valence-corrected chi connectivity index (χ3v) is 2.32.